The van der Waals surface area contributed by atoms with E-state index in [1.807, 2.05) is 18.3 Å². The van der Waals surface area contributed by atoms with Crippen molar-refractivity contribution >= 4 is 0 Å². The Hall–Kier alpha value is -1.58. The molecular formula is C16H19NO2. The van der Waals surface area contributed by atoms with Gasteiger partial charge in [-0.3, -0.25) is 0 Å². The molecule has 0 radical (unpaired) electrons. The van der Waals surface area contributed by atoms with Gasteiger partial charge in [0, 0.05) is 11.9 Å². The van der Waals surface area contributed by atoms with Gasteiger partial charge in [-0.05, 0) is 36.6 Å². The molecule has 1 aliphatic heterocycles. The number of ether oxygens (including phenoxy) is 1. The number of nitrogens with zero attached hydrogens (tertiary/aromatic N) is 1. The molecule has 0 amide bonds. The van der Waals surface area contributed by atoms with Crippen LogP contribution in [0.2, 0.25) is 0 Å². The number of hydrogen-bond donors (Lipinski definition) is 1. The van der Waals surface area contributed by atoms with Crippen LogP contribution in [0.25, 0.3) is 0 Å². The molecule has 3 heteroatoms. The van der Waals surface area contributed by atoms with Crippen molar-refractivity contribution in [2.24, 2.45) is 0 Å². The molecule has 0 aliphatic carbocycles. The quantitative estimate of drug-likeness (QED) is 0.917. The fourth-order valence-electron chi connectivity index (χ4n) is 2.78. The standard InChI is InChI=1S/C16H19NO2/c1-12(18)15-7-4-9-17(15)11-16-14-6-3-2-5-13(14)8-10-19-16/h2-7,9,12,16,18H,8,10-11H2,1H3. The normalized spacial score (nSPS) is 20.0. The third-order valence-corrected chi connectivity index (χ3v) is 3.75. The zero-order valence-corrected chi connectivity index (χ0v) is 11.1. The van der Waals surface area contributed by atoms with Gasteiger partial charge < -0.3 is 14.4 Å². The Balaban J connectivity index is 1.87. The lowest BCUT2D eigenvalue weighted by molar-refractivity contribution is 0.0289. The molecule has 2 aromatic rings. The van der Waals surface area contributed by atoms with Gasteiger partial charge in [0.1, 0.15) is 6.10 Å². The van der Waals surface area contributed by atoms with Crippen LogP contribution in [0.3, 0.4) is 0 Å². The smallest absolute Gasteiger partial charge is 0.101 e. The first-order valence-corrected chi connectivity index (χ1v) is 6.78. The minimum absolute atomic E-state index is 0.0786. The maximum absolute atomic E-state index is 9.76. The van der Waals surface area contributed by atoms with Crippen molar-refractivity contribution in [3.8, 4) is 0 Å². The molecule has 0 bridgehead atoms. The molecule has 2 unspecified atom stereocenters. The summed E-state index contributed by atoms with van der Waals surface area (Å²) >= 11 is 0. The van der Waals surface area contributed by atoms with Gasteiger partial charge in [0.2, 0.25) is 0 Å². The molecule has 100 valence electrons. The summed E-state index contributed by atoms with van der Waals surface area (Å²) in [6.45, 7) is 3.32. The number of aliphatic hydroxyl groups is 1. The predicted octanol–water partition coefficient (Wildman–Crippen LogP) is 2.86. The Bertz CT molecular complexity index is 559. The van der Waals surface area contributed by atoms with E-state index in [0.29, 0.717) is 0 Å². The van der Waals surface area contributed by atoms with Gasteiger partial charge in [-0.15, -0.1) is 0 Å². The van der Waals surface area contributed by atoms with Crippen molar-refractivity contribution in [3.05, 3.63) is 59.4 Å². The van der Waals surface area contributed by atoms with Crippen LogP contribution in [-0.4, -0.2) is 16.3 Å². The van der Waals surface area contributed by atoms with Gasteiger partial charge in [0.15, 0.2) is 0 Å². The highest BCUT2D eigenvalue weighted by Gasteiger charge is 2.21. The van der Waals surface area contributed by atoms with E-state index in [1.165, 1.54) is 11.1 Å². The molecule has 19 heavy (non-hydrogen) atoms. The number of hydrogen-bond acceptors (Lipinski definition) is 2. The lowest BCUT2D eigenvalue weighted by Gasteiger charge is -2.27. The van der Waals surface area contributed by atoms with E-state index >= 15 is 0 Å². The second kappa shape index (κ2) is 5.19. The Morgan fingerprint density at radius 3 is 3.00 bits per heavy atom. The summed E-state index contributed by atoms with van der Waals surface area (Å²) in [5, 5.41) is 9.76. The Morgan fingerprint density at radius 1 is 1.32 bits per heavy atom. The number of aliphatic hydroxyl groups excluding tert-OH is 1. The SMILES string of the molecule is CC(O)c1cccn1CC1OCCc2ccccc21. The predicted molar refractivity (Wildman–Crippen MR) is 73.9 cm³/mol. The fourth-order valence-corrected chi connectivity index (χ4v) is 2.78. The van der Waals surface area contributed by atoms with E-state index in [-0.39, 0.29) is 6.10 Å². The zero-order valence-electron chi connectivity index (χ0n) is 11.1. The average Bonchev–Trinajstić information content (AvgIpc) is 2.87. The molecule has 1 N–H and O–H groups in total. The van der Waals surface area contributed by atoms with Crippen LogP contribution >= 0.6 is 0 Å². The lowest BCUT2D eigenvalue weighted by Crippen LogP contribution is -2.21. The van der Waals surface area contributed by atoms with Crippen molar-refractivity contribution < 1.29 is 9.84 Å². The van der Waals surface area contributed by atoms with E-state index in [0.717, 1.165) is 25.3 Å². The Kier molecular flexibility index (Phi) is 3.40. The molecule has 2 heterocycles. The van der Waals surface area contributed by atoms with E-state index in [9.17, 15) is 5.11 Å². The zero-order chi connectivity index (χ0) is 13.2. The highest BCUT2D eigenvalue weighted by molar-refractivity contribution is 5.31. The summed E-state index contributed by atoms with van der Waals surface area (Å²) in [7, 11) is 0. The summed E-state index contributed by atoms with van der Waals surface area (Å²) in [5.41, 5.74) is 3.59. The minimum Gasteiger partial charge on any atom is -0.387 e. The maximum atomic E-state index is 9.76. The molecule has 1 aromatic carbocycles. The van der Waals surface area contributed by atoms with E-state index < -0.39 is 6.10 Å². The van der Waals surface area contributed by atoms with Crippen LogP contribution in [0, 0.1) is 0 Å². The fraction of sp³-hybridized carbons (Fsp3) is 0.375. The summed E-state index contributed by atoms with van der Waals surface area (Å²) in [4.78, 5) is 0. The first kappa shape index (κ1) is 12.5. The number of benzene rings is 1. The van der Waals surface area contributed by atoms with Crippen LogP contribution in [-0.2, 0) is 17.7 Å². The second-order valence-corrected chi connectivity index (χ2v) is 5.07. The van der Waals surface area contributed by atoms with E-state index in [4.69, 9.17) is 4.74 Å². The largest absolute Gasteiger partial charge is 0.387 e. The van der Waals surface area contributed by atoms with E-state index in [1.54, 1.807) is 6.92 Å². The van der Waals surface area contributed by atoms with Gasteiger partial charge in [-0.2, -0.15) is 0 Å². The maximum Gasteiger partial charge on any atom is 0.101 e. The highest BCUT2D eigenvalue weighted by atomic mass is 16.5. The molecule has 1 aromatic heterocycles. The van der Waals surface area contributed by atoms with Crippen LogP contribution in [0.1, 0.15) is 36.0 Å². The third kappa shape index (κ3) is 2.44. The summed E-state index contributed by atoms with van der Waals surface area (Å²) in [6, 6.07) is 12.4. The number of fused-ring (bicyclic) bond motifs is 1. The third-order valence-electron chi connectivity index (χ3n) is 3.75. The molecule has 0 saturated carbocycles. The van der Waals surface area contributed by atoms with Crippen molar-refractivity contribution in [1.29, 1.82) is 0 Å². The Morgan fingerprint density at radius 2 is 2.16 bits per heavy atom. The average molecular weight is 257 g/mol. The van der Waals surface area contributed by atoms with E-state index in [2.05, 4.69) is 28.8 Å². The van der Waals surface area contributed by atoms with Crippen molar-refractivity contribution in [3.63, 3.8) is 0 Å². The summed E-state index contributed by atoms with van der Waals surface area (Å²) < 4.78 is 7.99. The molecule has 3 rings (SSSR count). The van der Waals surface area contributed by atoms with Crippen LogP contribution in [0.15, 0.2) is 42.6 Å². The molecular weight excluding hydrogens is 238 g/mol. The monoisotopic (exact) mass is 257 g/mol. The van der Waals surface area contributed by atoms with Gasteiger partial charge in [-0.25, -0.2) is 0 Å². The summed E-state index contributed by atoms with van der Waals surface area (Å²) in [5.74, 6) is 0. The molecule has 2 atom stereocenters. The molecule has 1 aliphatic rings. The molecule has 0 saturated heterocycles. The topological polar surface area (TPSA) is 34.4 Å². The minimum atomic E-state index is -0.450. The van der Waals surface area contributed by atoms with Crippen LogP contribution < -0.4 is 0 Å². The Labute approximate surface area is 113 Å². The van der Waals surface area contributed by atoms with Crippen LogP contribution in [0.4, 0.5) is 0 Å². The van der Waals surface area contributed by atoms with Crippen LogP contribution in [0.5, 0.6) is 0 Å². The molecule has 3 nitrogen and oxygen atoms in total. The first-order chi connectivity index (χ1) is 9.25. The highest BCUT2D eigenvalue weighted by Crippen LogP contribution is 2.29. The van der Waals surface area contributed by atoms with Gasteiger partial charge in [-0.1, -0.05) is 24.3 Å². The lowest BCUT2D eigenvalue weighted by atomic mass is 9.97. The first-order valence-electron chi connectivity index (χ1n) is 6.78. The van der Waals surface area contributed by atoms with Gasteiger partial charge >= 0.3 is 0 Å². The summed E-state index contributed by atoms with van der Waals surface area (Å²) in [6.07, 6.45) is 2.62. The van der Waals surface area contributed by atoms with Crippen molar-refractivity contribution in [1.82, 2.24) is 4.57 Å². The molecule has 0 spiro atoms. The number of rotatable bonds is 3. The second-order valence-electron chi connectivity index (χ2n) is 5.07. The molecule has 0 fully saturated rings. The number of aromatic nitrogens is 1. The van der Waals surface area contributed by atoms with Crippen molar-refractivity contribution in [2.45, 2.75) is 32.1 Å². The van der Waals surface area contributed by atoms with Gasteiger partial charge in [0.25, 0.3) is 0 Å². The van der Waals surface area contributed by atoms with Gasteiger partial charge in [0.05, 0.1) is 19.3 Å². The van der Waals surface area contributed by atoms with Crippen molar-refractivity contribution in [2.75, 3.05) is 6.61 Å².